The van der Waals surface area contributed by atoms with Crippen LogP contribution in [0.4, 0.5) is 4.79 Å². The van der Waals surface area contributed by atoms with Crippen molar-refractivity contribution < 1.29 is 9.90 Å². The van der Waals surface area contributed by atoms with Crippen molar-refractivity contribution in [2.45, 2.75) is 18.9 Å². The first-order valence-corrected chi connectivity index (χ1v) is 3.15. The van der Waals surface area contributed by atoms with Gasteiger partial charge in [-0.1, -0.05) is 0 Å². The number of carbonyl (C=O) groups is 1. The van der Waals surface area contributed by atoms with Gasteiger partial charge in [0.05, 0.1) is 6.07 Å². The van der Waals surface area contributed by atoms with E-state index in [9.17, 15) is 4.79 Å². The summed E-state index contributed by atoms with van der Waals surface area (Å²) in [5.41, 5.74) is 0. The predicted octanol–water partition coefficient (Wildman–Crippen LogP) is 0.652. The van der Waals surface area contributed by atoms with E-state index < -0.39 is 12.1 Å². The van der Waals surface area contributed by atoms with Crippen LogP contribution in [-0.2, 0) is 0 Å². The maximum Gasteiger partial charge on any atom is 0.408 e. The molecule has 1 fully saturated rings. The summed E-state index contributed by atoms with van der Waals surface area (Å²) >= 11 is 0. The minimum Gasteiger partial charge on any atom is -0.465 e. The first-order valence-electron chi connectivity index (χ1n) is 3.15. The molecule has 4 heteroatoms. The molecule has 0 unspecified atom stereocenters. The Morgan fingerprint density at radius 1 is 1.80 bits per heavy atom. The largest absolute Gasteiger partial charge is 0.465 e. The molecule has 54 valence electrons. The van der Waals surface area contributed by atoms with Gasteiger partial charge in [-0.25, -0.2) is 4.79 Å². The van der Waals surface area contributed by atoms with Crippen LogP contribution >= 0.6 is 0 Å². The summed E-state index contributed by atoms with van der Waals surface area (Å²) in [6.45, 7) is 0.508. The quantitative estimate of drug-likeness (QED) is 0.537. The lowest BCUT2D eigenvalue weighted by atomic mass is 10.2. The summed E-state index contributed by atoms with van der Waals surface area (Å²) in [4.78, 5) is 11.5. The van der Waals surface area contributed by atoms with Crippen molar-refractivity contribution in [1.29, 1.82) is 5.26 Å². The van der Waals surface area contributed by atoms with Crippen LogP contribution in [0.1, 0.15) is 12.8 Å². The molecule has 10 heavy (non-hydrogen) atoms. The molecule has 0 aliphatic carbocycles. The molecule has 0 bridgehead atoms. The fraction of sp³-hybridized carbons (Fsp3) is 0.667. The van der Waals surface area contributed by atoms with Crippen LogP contribution in [0.3, 0.4) is 0 Å². The molecule has 1 atom stereocenters. The third kappa shape index (κ3) is 1.03. The highest BCUT2D eigenvalue weighted by atomic mass is 16.4. The minimum absolute atomic E-state index is 0.405. The number of carboxylic acid groups (broad SMARTS) is 1. The number of rotatable bonds is 0. The Kier molecular flexibility index (Phi) is 1.76. The highest BCUT2D eigenvalue weighted by Gasteiger charge is 2.27. The van der Waals surface area contributed by atoms with E-state index in [4.69, 9.17) is 10.4 Å². The molecular formula is C6H8N2O2. The lowest BCUT2D eigenvalue weighted by Gasteiger charge is -2.13. The van der Waals surface area contributed by atoms with Gasteiger partial charge in [0.25, 0.3) is 0 Å². The van der Waals surface area contributed by atoms with Crippen molar-refractivity contribution in [3.63, 3.8) is 0 Å². The normalized spacial score (nSPS) is 24.3. The van der Waals surface area contributed by atoms with Gasteiger partial charge in [-0.05, 0) is 12.8 Å². The van der Waals surface area contributed by atoms with E-state index in [1.807, 2.05) is 6.07 Å². The van der Waals surface area contributed by atoms with Crippen molar-refractivity contribution in [2.75, 3.05) is 6.54 Å². The molecule has 1 rings (SSSR count). The van der Waals surface area contributed by atoms with Gasteiger partial charge < -0.3 is 5.11 Å². The van der Waals surface area contributed by atoms with Crippen molar-refractivity contribution in [2.24, 2.45) is 0 Å². The third-order valence-electron chi connectivity index (χ3n) is 1.65. The number of amides is 1. The average molecular weight is 140 g/mol. The molecule has 1 heterocycles. The zero-order valence-corrected chi connectivity index (χ0v) is 5.45. The molecule has 0 aromatic carbocycles. The van der Waals surface area contributed by atoms with E-state index in [0.717, 1.165) is 6.42 Å². The van der Waals surface area contributed by atoms with E-state index in [1.54, 1.807) is 0 Å². The highest BCUT2D eigenvalue weighted by Crippen LogP contribution is 2.15. The zero-order valence-electron chi connectivity index (χ0n) is 5.45. The van der Waals surface area contributed by atoms with Crippen molar-refractivity contribution >= 4 is 6.09 Å². The molecule has 1 aliphatic heterocycles. The number of hydrogen-bond donors (Lipinski definition) is 1. The van der Waals surface area contributed by atoms with Crippen LogP contribution in [0.15, 0.2) is 0 Å². The number of nitrogens with zero attached hydrogens (tertiary/aromatic N) is 2. The number of hydrogen-bond acceptors (Lipinski definition) is 2. The Labute approximate surface area is 58.7 Å². The topological polar surface area (TPSA) is 64.3 Å². The summed E-state index contributed by atoms with van der Waals surface area (Å²) in [5.74, 6) is 0. The molecule has 4 nitrogen and oxygen atoms in total. The standard InChI is InChI=1S/C6H8N2O2/c7-4-5-2-1-3-8(5)6(9)10/h5H,1-3H2,(H,9,10)/t5-/m0/s1. The first-order chi connectivity index (χ1) is 4.75. The molecule has 0 saturated carbocycles. The molecule has 1 saturated heterocycles. The van der Waals surface area contributed by atoms with E-state index in [2.05, 4.69) is 0 Å². The average Bonchev–Trinajstić information content (AvgIpc) is 2.33. The van der Waals surface area contributed by atoms with Crippen LogP contribution in [0.5, 0.6) is 0 Å². The van der Waals surface area contributed by atoms with E-state index in [0.29, 0.717) is 13.0 Å². The van der Waals surface area contributed by atoms with Gasteiger partial charge in [0, 0.05) is 6.54 Å². The highest BCUT2D eigenvalue weighted by molar-refractivity contribution is 5.66. The second-order valence-electron chi connectivity index (χ2n) is 2.26. The molecule has 1 aliphatic rings. The van der Waals surface area contributed by atoms with E-state index in [1.165, 1.54) is 4.90 Å². The molecule has 0 spiro atoms. The third-order valence-corrected chi connectivity index (χ3v) is 1.65. The van der Waals surface area contributed by atoms with Crippen LogP contribution < -0.4 is 0 Å². The van der Waals surface area contributed by atoms with Gasteiger partial charge >= 0.3 is 6.09 Å². The summed E-state index contributed by atoms with van der Waals surface area (Å²) in [6, 6.07) is 1.54. The second-order valence-corrected chi connectivity index (χ2v) is 2.26. The Bertz CT molecular complexity index is 185. The van der Waals surface area contributed by atoms with E-state index >= 15 is 0 Å². The summed E-state index contributed by atoms with van der Waals surface area (Å²) < 4.78 is 0. The molecule has 0 aromatic heterocycles. The SMILES string of the molecule is N#C[C@@H]1CCCN1C(=O)O. The Morgan fingerprint density at radius 2 is 2.50 bits per heavy atom. The van der Waals surface area contributed by atoms with Crippen LogP contribution in [0.2, 0.25) is 0 Å². The van der Waals surface area contributed by atoms with Gasteiger partial charge in [0.2, 0.25) is 0 Å². The van der Waals surface area contributed by atoms with Crippen molar-refractivity contribution in [1.82, 2.24) is 4.90 Å². The van der Waals surface area contributed by atoms with E-state index in [-0.39, 0.29) is 0 Å². The van der Waals surface area contributed by atoms with Gasteiger partial charge in [-0.2, -0.15) is 5.26 Å². The number of likely N-dealkylation sites (tertiary alicyclic amines) is 1. The summed E-state index contributed by atoms with van der Waals surface area (Å²) in [5, 5.41) is 16.9. The van der Waals surface area contributed by atoms with Gasteiger partial charge in [-0.3, -0.25) is 4.90 Å². The van der Waals surface area contributed by atoms with Gasteiger partial charge in [-0.15, -0.1) is 0 Å². The summed E-state index contributed by atoms with van der Waals surface area (Å²) in [6.07, 6.45) is 0.511. The molecule has 1 N–H and O–H groups in total. The second kappa shape index (κ2) is 2.56. The Hall–Kier alpha value is -1.24. The van der Waals surface area contributed by atoms with Crippen molar-refractivity contribution in [3.05, 3.63) is 0 Å². The monoisotopic (exact) mass is 140 g/mol. The summed E-state index contributed by atoms with van der Waals surface area (Å²) in [7, 11) is 0. The predicted molar refractivity (Wildman–Crippen MR) is 33.4 cm³/mol. The Balaban J connectivity index is 2.61. The maximum atomic E-state index is 10.3. The fourth-order valence-corrected chi connectivity index (χ4v) is 1.13. The zero-order chi connectivity index (χ0) is 7.56. The van der Waals surface area contributed by atoms with Gasteiger partial charge in [0.15, 0.2) is 0 Å². The molecule has 0 radical (unpaired) electrons. The van der Waals surface area contributed by atoms with Gasteiger partial charge in [0.1, 0.15) is 6.04 Å². The van der Waals surface area contributed by atoms with Crippen LogP contribution in [0, 0.1) is 11.3 Å². The lowest BCUT2D eigenvalue weighted by molar-refractivity contribution is 0.148. The molecule has 0 aromatic rings. The smallest absolute Gasteiger partial charge is 0.408 e. The van der Waals surface area contributed by atoms with Crippen LogP contribution in [-0.4, -0.2) is 28.7 Å². The van der Waals surface area contributed by atoms with Crippen LogP contribution in [0.25, 0.3) is 0 Å². The minimum atomic E-state index is -0.982. The molecule has 1 amide bonds. The number of nitriles is 1. The first kappa shape index (κ1) is 6.87. The lowest BCUT2D eigenvalue weighted by Crippen LogP contribution is -2.32. The maximum absolute atomic E-state index is 10.3. The Morgan fingerprint density at radius 3 is 2.90 bits per heavy atom. The molecular weight excluding hydrogens is 132 g/mol. The fourth-order valence-electron chi connectivity index (χ4n) is 1.13. The van der Waals surface area contributed by atoms with Crippen molar-refractivity contribution in [3.8, 4) is 6.07 Å².